The number of hydrogen-bond donors (Lipinski definition) is 0. The first kappa shape index (κ1) is 16.5. The van der Waals surface area contributed by atoms with Gasteiger partial charge < -0.3 is 4.90 Å². The van der Waals surface area contributed by atoms with Crippen LogP contribution in [0.5, 0.6) is 0 Å². The molecule has 2 aliphatic rings. The molecule has 0 spiro atoms. The summed E-state index contributed by atoms with van der Waals surface area (Å²) in [6.07, 6.45) is 0.729. The Bertz CT molecular complexity index is 707. The molecule has 0 saturated carbocycles. The summed E-state index contributed by atoms with van der Waals surface area (Å²) in [5.74, 6) is 0.668. The minimum absolute atomic E-state index is 0.0879. The van der Waals surface area contributed by atoms with Gasteiger partial charge in [0.1, 0.15) is 0 Å². The summed E-state index contributed by atoms with van der Waals surface area (Å²) in [5.41, 5.74) is 2.95. The van der Waals surface area contributed by atoms with Crippen molar-refractivity contribution in [2.24, 2.45) is 0 Å². The second-order valence-corrected chi connectivity index (χ2v) is 8.86. The largest absolute Gasteiger partial charge is 0.336 e. The number of rotatable bonds is 2. The monoisotopic (exact) mass is 336 g/mol. The van der Waals surface area contributed by atoms with Gasteiger partial charge in [-0.15, -0.1) is 0 Å². The SMILES string of the molecule is Cc1cccc(C(=O)N2CCN(C3CCS(=O)(=O)C3)CC2)c1C. The van der Waals surface area contributed by atoms with Gasteiger partial charge in [0.25, 0.3) is 5.91 Å². The van der Waals surface area contributed by atoms with Crippen LogP contribution in [0, 0.1) is 13.8 Å². The molecule has 1 amide bonds. The van der Waals surface area contributed by atoms with E-state index in [1.54, 1.807) is 0 Å². The lowest BCUT2D eigenvalue weighted by Crippen LogP contribution is -2.52. The minimum Gasteiger partial charge on any atom is -0.336 e. The number of carbonyl (C=O) groups is 1. The Morgan fingerprint density at radius 2 is 1.83 bits per heavy atom. The average molecular weight is 336 g/mol. The summed E-state index contributed by atoms with van der Waals surface area (Å²) in [4.78, 5) is 16.8. The van der Waals surface area contributed by atoms with Crippen LogP contribution in [0.3, 0.4) is 0 Å². The molecule has 0 N–H and O–H groups in total. The highest BCUT2D eigenvalue weighted by molar-refractivity contribution is 7.91. The van der Waals surface area contributed by atoms with Crippen molar-refractivity contribution in [3.05, 3.63) is 34.9 Å². The molecule has 0 radical (unpaired) electrons. The predicted molar refractivity (Wildman–Crippen MR) is 90.5 cm³/mol. The van der Waals surface area contributed by atoms with Gasteiger partial charge in [-0.05, 0) is 37.5 Å². The van der Waals surface area contributed by atoms with Gasteiger partial charge in [-0.2, -0.15) is 0 Å². The molecule has 0 aromatic heterocycles. The fraction of sp³-hybridized carbons (Fsp3) is 0.588. The fourth-order valence-corrected chi connectivity index (χ4v) is 5.27. The maximum atomic E-state index is 12.7. The van der Waals surface area contributed by atoms with Crippen molar-refractivity contribution in [1.82, 2.24) is 9.80 Å². The summed E-state index contributed by atoms with van der Waals surface area (Å²) >= 11 is 0. The number of sulfone groups is 1. The highest BCUT2D eigenvalue weighted by Crippen LogP contribution is 2.21. The maximum Gasteiger partial charge on any atom is 0.254 e. The molecule has 1 aromatic rings. The molecular formula is C17H24N2O3S. The summed E-state index contributed by atoms with van der Waals surface area (Å²) in [5, 5.41) is 0. The first-order valence-corrected chi connectivity index (χ1v) is 9.99. The minimum atomic E-state index is -2.85. The van der Waals surface area contributed by atoms with Crippen molar-refractivity contribution in [3.63, 3.8) is 0 Å². The fourth-order valence-electron chi connectivity index (χ4n) is 3.51. The van der Waals surface area contributed by atoms with Crippen molar-refractivity contribution in [2.45, 2.75) is 26.3 Å². The molecular weight excluding hydrogens is 312 g/mol. The van der Waals surface area contributed by atoms with Gasteiger partial charge in [-0.1, -0.05) is 12.1 Å². The summed E-state index contributed by atoms with van der Waals surface area (Å²) < 4.78 is 23.2. The number of amides is 1. The van der Waals surface area contributed by atoms with Gasteiger partial charge in [0.2, 0.25) is 0 Å². The predicted octanol–water partition coefficient (Wildman–Crippen LogP) is 1.25. The number of aryl methyl sites for hydroxylation is 1. The molecule has 2 saturated heterocycles. The smallest absolute Gasteiger partial charge is 0.254 e. The lowest BCUT2D eigenvalue weighted by molar-refractivity contribution is 0.0587. The van der Waals surface area contributed by atoms with E-state index in [9.17, 15) is 13.2 Å². The Balaban J connectivity index is 1.63. The zero-order chi connectivity index (χ0) is 16.6. The zero-order valence-corrected chi connectivity index (χ0v) is 14.6. The lowest BCUT2D eigenvalue weighted by Gasteiger charge is -2.37. The third-order valence-corrected chi connectivity index (χ3v) is 6.91. The lowest BCUT2D eigenvalue weighted by atomic mass is 10.0. The van der Waals surface area contributed by atoms with Gasteiger partial charge in [0, 0.05) is 37.8 Å². The third-order valence-electron chi connectivity index (χ3n) is 5.16. The van der Waals surface area contributed by atoms with Crippen LogP contribution in [-0.4, -0.2) is 67.9 Å². The molecule has 2 aliphatic heterocycles. The second kappa shape index (κ2) is 6.24. The normalized spacial score (nSPS) is 24.8. The highest BCUT2D eigenvalue weighted by atomic mass is 32.2. The molecule has 126 valence electrons. The van der Waals surface area contributed by atoms with Crippen molar-refractivity contribution in [1.29, 1.82) is 0 Å². The van der Waals surface area contributed by atoms with Crippen molar-refractivity contribution >= 4 is 15.7 Å². The Labute approximate surface area is 138 Å². The standard InChI is InChI=1S/C17H24N2O3S/c1-13-4-3-5-16(14(13)2)17(20)19-9-7-18(8-10-19)15-6-11-23(21,22)12-15/h3-5,15H,6-12H2,1-2H3. The van der Waals surface area contributed by atoms with Crippen LogP contribution in [-0.2, 0) is 9.84 Å². The first-order valence-electron chi connectivity index (χ1n) is 8.17. The van der Waals surface area contributed by atoms with E-state index in [1.807, 2.05) is 36.9 Å². The van der Waals surface area contributed by atoms with Crippen LogP contribution in [0.1, 0.15) is 27.9 Å². The molecule has 1 atom stereocenters. The molecule has 5 nitrogen and oxygen atoms in total. The van der Waals surface area contributed by atoms with E-state index in [0.29, 0.717) is 18.8 Å². The molecule has 3 rings (SSSR count). The van der Waals surface area contributed by atoms with E-state index in [4.69, 9.17) is 0 Å². The molecule has 2 heterocycles. The third kappa shape index (κ3) is 3.43. The second-order valence-electron chi connectivity index (χ2n) is 6.63. The molecule has 1 aromatic carbocycles. The first-order chi connectivity index (χ1) is 10.9. The quantitative estimate of drug-likeness (QED) is 0.816. The zero-order valence-electron chi connectivity index (χ0n) is 13.8. The molecule has 0 aliphatic carbocycles. The number of nitrogens with zero attached hydrogens (tertiary/aromatic N) is 2. The van der Waals surface area contributed by atoms with Crippen LogP contribution < -0.4 is 0 Å². The van der Waals surface area contributed by atoms with Crippen LogP contribution in [0.2, 0.25) is 0 Å². The molecule has 1 unspecified atom stereocenters. The van der Waals surface area contributed by atoms with Crippen molar-refractivity contribution < 1.29 is 13.2 Å². The molecule has 6 heteroatoms. The highest BCUT2D eigenvalue weighted by Gasteiger charge is 2.34. The van der Waals surface area contributed by atoms with Crippen molar-refractivity contribution in [3.8, 4) is 0 Å². The van der Waals surface area contributed by atoms with Crippen LogP contribution in [0.15, 0.2) is 18.2 Å². The van der Waals surface area contributed by atoms with E-state index in [0.717, 1.165) is 36.2 Å². The van der Waals surface area contributed by atoms with Gasteiger partial charge in [0.15, 0.2) is 9.84 Å². The van der Waals surface area contributed by atoms with Gasteiger partial charge in [-0.25, -0.2) is 8.42 Å². The van der Waals surface area contributed by atoms with E-state index in [-0.39, 0.29) is 17.7 Å². The molecule has 2 fully saturated rings. The van der Waals surface area contributed by atoms with Gasteiger partial charge in [-0.3, -0.25) is 9.69 Å². The summed E-state index contributed by atoms with van der Waals surface area (Å²) in [7, 11) is -2.85. The Kier molecular flexibility index (Phi) is 4.47. The maximum absolute atomic E-state index is 12.7. The molecule has 23 heavy (non-hydrogen) atoms. The van der Waals surface area contributed by atoms with Crippen LogP contribution in [0.4, 0.5) is 0 Å². The van der Waals surface area contributed by atoms with Crippen LogP contribution >= 0.6 is 0 Å². The summed E-state index contributed by atoms with van der Waals surface area (Å²) in [6.45, 7) is 6.87. The number of carbonyl (C=O) groups excluding carboxylic acids is 1. The molecule has 0 bridgehead atoms. The number of hydrogen-bond acceptors (Lipinski definition) is 4. The Morgan fingerprint density at radius 3 is 2.43 bits per heavy atom. The van der Waals surface area contributed by atoms with Gasteiger partial charge in [0.05, 0.1) is 11.5 Å². The van der Waals surface area contributed by atoms with Crippen LogP contribution in [0.25, 0.3) is 0 Å². The van der Waals surface area contributed by atoms with E-state index in [1.165, 1.54) is 0 Å². The number of piperazine rings is 1. The average Bonchev–Trinajstić information content (AvgIpc) is 2.90. The number of benzene rings is 1. The van der Waals surface area contributed by atoms with Crippen molar-refractivity contribution in [2.75, 3.05) is 37.7 Å². The van der Waals surface area contributed by atoms with E-state index >= 15 is 0 Å². The van der Waals surface area contributed by atoms with E-state index in [2.05, 4.69) is 4.90 Å². The van der Waals surface area contributed by atoms with Gasteiger partial charge >= 0.3 is 0 Å². The Morgan fingerprint density at radius 1 is 1.13 bits per heavy atom. The topological polar surface area (TPSA) is 57.7 Å². The van der Waals surface area contributed by atoms with E-state index < -0.39 is 9.84 Å². The summed E-state index contributed by atoms with van der Waals surface area (Å²) in [6, 6.07) is 5.97. The Hall–Kier alpha value is -1.40.